The van der Waals surface area contributed by atoms with Crippen molar-refractivity contribution in [3.05, 3.63) is 14.5 Å². The van der Waals surface area contributed by atoms with Gasteiger partial charge in [0.05, 0.1) is 16.5 Å². The lowest BCUT2D eigenvalue weighted by atomic mass is 10.2. The smallest absolute Gasteiger partial charge is 0.122 e. The minimum absolute atomic E-state index is 0.0744. The van der Waals surface area contributed by atoms with E-state index in [1.165, 1.54) is 0 Å². The lowest BCUT2D eigenvalue weighted by Gasteiger charge is -1.94. The van der Waals surface area contributed by atoms with Crippen molar-refractivity contribution in [2.45, 2.75) is 26.4 Å². The number of halogens is 1. The summed E-state index contributed by atoms with van der Waals surface area (Å²) in [5.74, 6) is 0.441. The quantitative estimate of drug-likeness (QED) is 0.855. The summed E-state index contributed by atoms with van der Waals surface area (Å²) in [6.45, 7) is 4.25. The fourth-order valence-corrected chi connectivity index (χ4v) is 2.19. The maximum absolute atomic E-state index is 8.85. The van der Waals surface area contributed by atoms with E-state index in [1.807, 2.05) is 0 Å². The first-order valence-electron chi connectivity index (χ1n) is 3.41. The molecule has 0 aliphatic rings. The highest BCUT2D eigenvalue weighted by Crippen LogP contribution is 2.27. The minimum atomic E-state index is 0.0744. The van der Waals surface area contributed by atoms with E-state index in [0.29, 0.717) is 5.92 Å². The number of hydrogen-bond acceptors (Lipinski definition) is 3. The van der Waals surface area contributed by atoms with E-state index in [0.717, 1.165) is 14.5 Å². The molecular formula is C7H10BrNOS. The predicted octanol–water partition coefficient (Wildman–Crippen LogP) is 2.52. The fourth-order valence-electron chi connectivity index (χ4n) is 0.695. The van der Waals surface area contributed by atoms with Crippen LogP contribution in [0.5, 0.6) is 0 Å². The van der Waals surface area contributed by atoms with Gasteiger partial charge in [0, 0.05) is 5.92 Å². The third-order valence-corrected chi connectivity index (χ3v) is 3.56. The fraction of sp³-hybridized carbons (Fsp3) is 0.571. The molecule has 0 atom stereocenters. The molecule has 2 nitrogen and oxygen atoms in total. The highest BCUT2D eigenvalue weighted by Gasteiger charge is 2.09. The molecule has 0 spiro atoms. The van der Waals surface area contributed by atoms with Gasteiger partial charge in [0.2, 0.25) is 0 Å². The van der Waals surface area contributed by atoms with Crippen LogP contribution in [0.1, 0.15) is 29.7 Å². The third-order valence-electron chi connectivity index (χ3n) is 1.30. The van der Waals surface area contributed by atoms with Gasteiger partial charge in [0.1, 0.15) is 4.60 Å². The summed E-state index contributed by atoms with van der Waals surface area (Å²) in [5.41, 5.74) is 0. The predicted molar refractivity (Wildman–Crippen MR) is 49.8 cm³/mol. The average Bonchev–Trinajstić information content (AvgIpc) is 2.31. The normalized spacial score (nSPS) is 11.0. The molecule has 0 saturated carbocycles. The second-order valence-corrected chi connectivity index (χ2v) is 4.45. The van der Waals surface area contributed by atoms with Crippen molar-refractivity contribution in [1.82, 2.24) is 4.98 Å². The molecule has 4 heteroatoms. The zero-order chi connectivity index (χ0) is 8.43. The maximum atomic E-state index is 8.85. The Hall–Kier alpha value is 0.0700. The molecule has 0 fully saturated rings. The zero-order valence-electron chi connectivity index (χ0n) is 6.47. The summed E-state index contributed by atoms with van der Waals surface area (Å²) in [5, 5.41) is 9.92. The van der Waals surface area contributed by atoms with Gasteiger partial charge in [0.25, 0.3) is 0 Å². The van der Waals surface area contributed by atoms with Gasteiger partial charge in [-0.15, -0.1) is 11.3 Å². The molecular weight excluding hydrogens is 226 g/mol. The number of thiazole rings is 1. The van der Waals surface area contributed by atoms with Crippen LogP contribution in [0.3, 0.4) is 0 Å². The van der Waals surface area contributed by atoms with Crippen molar-refractivity contribution in [3.63, 3.8) is 0 Å². The van der Waals surface area contributed by atoms with Gasteiger partial charge in [-0.3, -0.25) is 0 Å². The van der Waals surface area contributed by atoms with E-state index in [1.54, 1.807) is 11.3 Å². The van der Waals surface area contributed by atoms with Crippen LogP contribution in [0, 0.1) is 0 Å². The number of aliphatic hydroxyl groups is 1. The zero-order valence-corrected chi connectivity index (χ0v) is 8.87. The number of hydrogen-bond donors (Lipinski definition) is 1. The Bertz CT molecular complexity index is 247. The highest BCUT2D eigenvalue weighted by molar-refractivity contribution is 9.10. The molecule has 0 aliphatic heterocycles. The molecule has 0 aromatic carbocycles. The minimum Gasteiger partial charge on any atom is -0.391 e. The van der Waals surface area contributed by atoms with Gasteiger partial charge in [0.15, 0.2) is 0 Å². The number of rotatable bonds is 2. The SMILES string of the molecule is CC(C)c1nc(Br)c(CO)s1. The lowest BCUT2D eigenvalue weighted by Crippen LogP contribution is -1.82. The van der Waals surface area contributed by atoms with Gasteiger partial charge >= 0.3 is 0 Å². The molecule has 0 saturated heterocycles. The summed E-state index contributed by atoms with van der Waals surface area (Å²) < 4.78 is 0.786. The van der Waals surface area contributed by atoms with Gasteiger partial charge < -0.3 is 5.11 Å². The topological polar surface area (TPSA) is 33.1 Å². The van der Waals surface area contributed by atoms with Crippen molar-refractivity contribution in [1.29, 1.82) is 0 Å². The van der Waals surface area contributed by atoms with Crippen LogP contribution >= 0.6 is 27.3 Å². The molecule has 0 unspecified atom stereocenters. The van der Waals surface area contributed by atoms with Crippen molar-refractivity contribution < 1.29 is 5.11 Å². The molecule has 0 amide bonds. The Morgan fingerprint density at radius 1 is 1.64 bits per heavy atom. The van der Waals surface area contributed by atoms with Gasteiger partial charge in [-0.2, -0.15) is 0 Å². The largest absolute Gasteiger partial charge is 0.391 e. The van der Waals surface area contributed by atoms with E-state index in [9.17, 15) is 0 Å². The molecule has 0 radical (unpaired) electrons. The van der Waals surface area contributed by atoms with E-state index in [-0.39, 0.29) is 6.61 Å². The summed E-state index contributed by atoms with van der Waals surface area (Å²) in [6.07, 6.45) is 0. The van der Waals surface area contributed by atoms with Crippen LogP contribution in [0.15, 0.2) is 4.60 Å². The first kappa shape index (κ1) is 9.16. The number of aliphatic hydroxyl groups excluding tert-OH is 1. The lowest BCUT2D eigenvalue weighted by molar-refractivity contribution is 0.284. The van der Waals surface area contributed by atoms with Crippen molar-refractivity contribution in [3.8, 4) is 0 Å². The van der Waals surface area contributed by atoms with Crippen molar-refractivity contribution >= 4 is 27.3 Å². The van der Waals surface area contributed by atoms with Crippen LogP contribution in [0.4, 0.5) is 0 Å². The molecule has 0 aliphatic carbocycles. The molecule has 1 heterocycles. The van der Waals surface area contributed by atoms with Gasteiger partial charge in [-0.05, 0) is 15.9 Å². The highest BCUT2D eigenvalue weighted by atomic mass is 79.9. The van der Waals surface area contributed by atoms with E-state index < -0.39 is 0 Å². The van der Waals surface area contributed by atoms with Gasteiger partial charge in [-0.1, -0.05) is 13.8 Å². The van der Waals surface area contributed by atoms with Crippen molar-refractivity contribution in [2.24, 2.45) is 0 Å². The first-order chi connectivity index (χ1) is 5.15. The molecule has 1 rings (SSSR count). The van der Waals surface area contributed by atoms with E-state index in [4.69, 9.17) is 5.11 Å². The Morgan fingerprint density at radius 2 is 2.27 bits per heavy atom. The summed E-state index contributed by atoms with van der Waals surface area (Å²) in [4.78, 5) is 5.17. The first-order valence-corrected chi connectivity index (χ1v) is 5.02. The molecule has 1 aromatic heterocycles. The summed E-state index contributed by atoms with van der Waals surface area (Å²) in [7, 11) is 0. The molecule has 1 N–H and O–H groups in total. The van der Waals surface area contributed by atoms with Crippen LogP contribution in [0.2, 0.25) is 0 Å². The maximum Gasteiger partial charge on any atom is 0.122 e. The van der Waals surface area contributed by atoms with Crippen LogP contribution in [-0.2, 0) is 6.61 Å². The molecule has 0 bridgehead atoms. The van der Waals surface area contributed by atoms with Crippen LogP contribution < -0.4 is 0 Å². The Balaban J connectivity index is 2.95. The second-order valence-electron chi connectivity index (χ2n) is 2.58. The van der Waals surface area contributed by atoms with Crippen LogP contribution in [0.25, 0.3) is 0 Å². The monoisotopic (exact) mass is 235 g/mol. The van der Waals surface area contributed by atoms with Crippen LogP contribution in [-0.4, -0.2) is 10.1 Å². The standard InChI is InChI=1S/C7H10BrNOS/c1-4(2)7-9-6(8)5(3-10)11-7/h4,10H,3H2,1-2H3. The number of nitrogens with zero attached hydrogens (tertiary/aromatic N) is 1. The Morgan fingerprint density at radius 3 is 2.55 bits per heavy atom. The molecule has 1 aromatic rings. The third kappa shape index (κ3) is 2.01. The van der Waals surface area contributed by atoms with Gasteiger partial charge in [-0.25, -0.2) is 4.98 Å². The number of aromatic nitrogens is 1. The van der Waals surface area contributed by atoms with E-state index in [2.05, 4.69) is 34.8 Å². The van der Waals surface area contributed by atoms with Crippen molar-refractivity contribution in [2.75, 3.05) is 0 Å². The molecule has 62 valence electrons. The second kappa shape index (κ2) is 3.65. The summed E-state index contributed by atoms with van der Waals surface area (Å²) >= 11 is 4.84. The average molecular weight is 236 g/mol. The molecule has 11 heavy (non-hydrogen) atoms. The summed E-state index contributed by atoms with van der Waals surface area (Å²) in [6, 6.07) is 0. The Labute approximate surface area is 78.4 Å². The Kier molecular flexibility index (Phi) is 3.04. The van der Waals surface area contributed by atoms with E-state index >= 15 is 0 Å².